The van der Waals surface area contributed by atoms with Crippen LogP contribution in [0.4, 0.5) is 0 Å². The molecule has 0 spiro atoms. The van der Waals surface area contributed by atoms with Crippen molar-refractivity contribution < 1.29 is 0 Å². The van der Waals surface area contributed by atoms with Gasteiger partial charge in [-0.2, -0.15) is 0 Å². The second-order valence-electron chi connectivity index (χ2n) is 4.57. The molecule has 0 radical (unpaired) electrons. The third-order valence-corrected chi connectivity index (χ3v) is 3.46. The van der Waals surface area contributed by atoms with Gasteiger partial charge in [-0.15, -0.1) is 0 Å². The Morgan fingerprint density at radius 3 is 2.72 bits per heavy atom. The smallest absolute Gasteiger partial charge is 0.138 e. The first-order chi connectivity index (χ1) is 8.63. The van der Waals surface area contributed by atoms with Crippen LogP contribution in [0.15, 0.2) is 36.4 Å². The Kier molecular flexibility index (Phi) is 2.60. The monoisotopic (exact) mass is 256 g/mol. The van der Waals surface area contributed by atoms with Crippen molar-refractivity contribution >= 4 is 22.6 Å². The largest absolute Gasteiger partial charge is 0.338 e. The lowest BCUT2D eigenvalue weighted by molar-refractivity contribution is 1.32. The van der Waals surface area contributed by atoms with Crippen LogP contribution in [0.1, 0.15) is 11.1 Å². The van der Waals surface area contributed by atoms with Crippen LogP contribution in [0.25, 0.3) is 22.4 Å². The van der Waals surface area contributed by atoms with Gasteiger partial charge in [-0.1, -0.05) is 35.4 Å². The molecule has 0 aliphatic heterocycles. The Hall–Kier alpha value is -1.80. The first-order valence-corrected chi connectivity index (χ1v) is 6.24. The number of aryl methyl sites for hydroxylation is 2. The number of hydrogen-bond donors (Lipinski definition) is 1. The fraction of sp³-hybridized carbons (Fsp3) is 0.133. The molecule has 90 valence electrons. The van der Waals surface area contributed by atoms with E-state index in [1.807, 2.05) is 25.1 Å². The molecule has 1 N–H and O–H groups in total. The van der Waals surface area contributed by atoms with Gasteiger partial charge < -0.3 is 4.98 Å². The van der Waals surface area contributed by atoms with Crippen LogP contribution < -0.4 is 0 Å². The summed E-state index contributed by atoms with van der Waals surface area (Å²) >= 11 is 6.11. The molecule has 0 aliphatic carbocycles. The number of aromatic nitrogens is 2. The van der Waals surface area contributed by atoms with Crippen molar-refractivity contribution in [2.75, 3.05) is 0 Å². The molecule has 0 fully saturated rings. The predicted molar refractivity (Wildman–Crippen MR) is 76.0 cm³/mol. The SMILES string of the molecule is Cc1cccc(-c2nc3cc(Cl)c(C)cc3[nH]2)c1. The lowest BCUT2D eigenvalue weighted by atomic mass is 10.1. The Labute approximate surface area is 111 Å². The van der Waals surface area contributed by atoms with E-state index in [0.717, 1.165) is 33.0 Å². The molecule has 3 rings (SSSR count). The van der Waals surface area contributed by atoms with E-state index in [-0.39, 0.29) is 0 Å². The van der Waals surface area contributed by atoms with Crippen LogP contribution in [-0.2, 0) is 0 Å². The van der Waals surface area contributed by atoms with Crippen LogP contribution in [0.3, 0.4) is 0 Å². The highest BCUT2D eigenvalue weighted by Gasteiger charge is 2.07. The van der Waals surface area contributed by atoms with Crippen molar-refractivity contribution in [1.29, 1.82) is 0 Å². The second kappa shape index (κ2) is 4.14. The predicted octanol–water partition coefficient (Wildman–Crippen LogP) is 4.50. The lowest BCUT2D eigenvalue weighted by Gasteiger charge is -1.97. The van der Waals surface area contributed by atoms with Crippen molar-refractivity contribution in [3.63, 3.8) is 0 Å². The topological polar surface area (TPSA) is 28.7 Å². The Morgan fingerprint density at radius 2 is 1.94 bits per heavy atom. The first-order valence-electron chi connectivity index (χ1n) is 5.86. The zero-order valence-corrected chi connectivity index (χ0v) is 11.0. The fourth-order valence-corrected chi connectivity index (χ4v) is 2.23. The number of hydrogen-bond acceptors (Lipinski definition) is 1. The highest BCUT2D eigenvalue weighted by atomic mass is 35.5. The van der Waals surface area contributed by atoms with Crippen LogP contribution >= 0.6 is 11.6 Å². The third-order valence-electron chi connectivity index (χ3n) is 3.05. The van der Waals surface area contributed by atoms with Crippen molar-refractivity contribution in [3.8, 4) is 11.4 Å². The van der Waals surface area contributed by atoms with Gasteiger partial charge in [0, 0.05) is 10.6 Å². The van der Waals surface area contributed by atoms with Gasteiger partial charge in [0.2, 0.25) is 0 Å². The summed E-state index contributed by atoms with van der Waals surface area (Å²) in [4.78, 5) is 7.92. The lowest BCUT2D eigenvalue weighted by Crippen LogP contribution is -1.80. The minimum absolute atomic E-state index is 0.754. The quantitative estimate of drug-likeness (QED) is 0.682. The standard InChI is InChI=1S/C15H13ClN2/c1-9-4-3-5-11(6-9)15-17-13-7-10(2)12(16)8-14(13)18-15/h3-8H,1-2H3,(H,17,18). The number of H-pyrrole nitrogens is 1. The maximum atomic E-state index is 6.11. The number of nitrogens with zero attached hydrogens (tertiary/aromatic N) is 1. The zero-order valence-electron chi connectivity index (χ0n) is 10.3. The summed E-state index contributed by atoms with van der Waals surface area (Å²) in [5, 5.41) is 0.754. The average molecular weight is 257 g/mol. The maximum absolute atomic E-state index is 6.11. The second-order valence-corrected chi connectivity index (χ2v) is 4.98. The minimum Gasteiger partial charge on any atom is -0.338 e. The summed E-state index contributed by atoms with van der Waals surface area (Å²) < 4.78 is 0. The van der Waals surface area contributed by atoms with Gasteiger partial charge >= 0.3 is 0 Å². The molecule has 0 saturated heterocycles. The Balaban J connectivity index is 2.19. The molecule has 18 heavy (non-hydrogen) atoms. The van der Waals surface area contributed by atoms with E-state index in [0.29, 0.717) is 0 Å². The van der Waals surface area contributed by atoms with Gasteiger partial charge in [0.15, 0.2) is 0 Å². The van der Waals surface area contributed by atoms with Crippen molar-refractivity contribution in [2.45, 2.75) is 13.8 Å². The Bertz CT molecular complexity index is 689. The summed E-state index contributed by atoms with van der Waals surface area (Å²) in [6, 6.07) is 12.2. The fourth-order valence-electron chi connectivity index (χ4n) is 2.07. The molecule has 0 atom stereocenters. The van der Waals surface area contributed by atoms with E-state index >= 15 is 0 Å². The molecular weight excluding hydrogens is 244 g/mol. The zero-order chi connectivity index (χ0) is 12.7. The first kappa shape index (κ1) is 11.3. The molecule has 0 bridgehead atoms. The van der Waals surface area contributed by atoms with Crippen LogP contribution in [0.5, 0.6) is 0 Å². The van der Waals surface area contributed by atoms with Gasteiger partial charge in [0.25, 0.3) is 0 Å². The molecule has 1 aromatic heterocycles. The summed E-state index contributed by atoms with van der Waals surface area (Å²) in [5.41, 5.74) is 5.31. The molecule has 3 aromatic rings. The van der Waals surface area contributed by atoms with Gasteiger partial charge in [-0.25, -0.2) is 4.98 Å². The molecule has 3 heteroatoms. The van der Waals surface area contributed by atoms with Crippen LogP contribution in [0.2, 0.25) is 5.02 Å². The molecular formula is C15H13ClN2. The van der Waals surface area contributed by atoms with E-state index in [4.69, 9.17) is 11.6 Å². The van der Waals surface area contributed by atoms with Crippen LogP contribution in [0, 0.1) is 13.8 Å². The van der Waals surface area contributed by atoms with E-state index in [2.05, 4.69) is 35.1 Å². The molecule has 2 nitrogen and oxygen atoms in total. The highest BCUT2D eigenvalue weighted by Crippen LogP contribution is 2.25. The average Bonchev–Trinajstić information content (AvgIpc) is 2.73. The van der Waals surface area contributed by atoms with Crippen molar-refractivity contribution in [3.05, 3.63) is 52.5 Å². The van der Waals surface area contributed by atoms with E-state index < -0.39 is 0 Å². The molecule has 2 aromatic carbocycles. The molecule has 0 unspecified atom stereocenters. The number of fused-ring (bicyclic) bond motifs is 1. The molecule has 0 amide bonds. The van der Waals surface area contributed by atoms with Crippen LogP contribution in [-0.4, -0.2) is 9.97 Å². The third kappa shape index (κ3) is 1.89. The summed E-state index contributed by atoms with van der Waals surface area (Å²) in [7, 11) is 0. The highest BCUT2D eigenvalue weighted by molar-refractivity contribution is 6.32. The normalized spacial score (nSPS) is 11.1. The Morgan fingerprint density at radius 1 is 1.11 bits per heavy atom. The number of aromatic amines is 1. The summed E-state index contributed by atoms with van der Waals surface area (Å²) in [5.74, 6) is 0.885. The van der Waals surface area contributed by atoms with E-state index in [1.165, 1.54) is 5.56 Å². The van der Waals surface area contributed by atoms with Crippen molar-refractivity contribution in [1.82, 2.24) is 9.97 Å². The number of rotatable bonds is 1. The van der Waals surface area contributed by atoms with Crippen molar-refractivity contribution in [2.24, 2.45) is 0 Å². The summed E-state index contributed by atoms with van der Waals surface area (Å²) in [6.45, 7) is 4.07. The minimum atomic E-state index is 0.754. The number of benzene rings is 2. The van der Waals surface area contributed by atoms with Gasteiger partial charge in [0.05, 0.1) is 11.0 Å². The number of halogens is 1. The summed E-state index contributed by atoms with van der Waals surface area (Å²) in [6.07, 6.45) is 0. The van der Waals surface area contributed by atoms with Gasteiger partial charge in [-0.05, 0) is 37.6 Å². The number of nitrogens with one attached hydrogen (secondary N) is 1. The molecule has 0 aliphatic rings. The van der Waals surface area contributed by atoms with Gasteiger partial charge in [-0.3, -0.25) is 0 Å². The van der Waals surface area contributed by atoms with E-state index in [9.17, 15) is 0 Å². The molecule has 1 heterocycles. The number of imidazole rings is 1. The molecule has 0 saturated carbocycles. The maximum Gasteiger partial charge on any atom is 0.138 e. The van der Waals surface area contributed by atoms with Gasteiger partial charge in [0.1, 0.15) is 5.82 Å². The van der Waals surface area contributed by atoms with E-state index in [1.54, 1.807) is 0 Å².